The summed E-state index contributed by atoms with van der Waals surface area (Å²) in [6, 6.07) is 0.914. The Labute approximate surface area is 122 Å². The van der Waals surface area contributed by atoms with Crippen LogP contribution in [-0.4, -0.2) is 38.1 Å². The summed E-state index contributed by atoms with van der Waals surface area (Å²) in [4.78, 5) is 22.4. The van der Waals surface area contributed by atoms with E-state index in [1.54, 1.807) is 20.8 Å². The second-order valence-corrected chi connectivity index (χ2v) is 6.17. The van der Waals surface area contributed by atoms with E-state index >= 15 is 0 Å². The zero-order chi connectivity index (χ0) is 16.2. The first kappa shape index (κ1) is 17.2. The molecule has 9 heteroatoms. The van der Waals surface area contributed by atoms with Crippen LogP contribution >= 0.6 is 0 Å². The Morgan fingerprint density at radius 3 is 2.48 bits per heavy atom. The summed E-state index contributed by atoms with van der Waals surface area (Å²) in [5.74, 6) is -2.83. The fourth-order valence-electron chi connectivity index (χ4n) is 1.47. The number of furan rings is 1. The molecule has 1 aromatic rings. The Hall–Kier alpha value is -1.87. The molecule has 118 valence electrons. The third kappa shape index (κ3) is 4.30. The van der Waals surface area contributed by atoms with Crippen molar-refractivity contribution < 1.29 is 32.3 Å². The van der Waals surface area contributed by atoms with Gasteiger partial charge in [-0.05, 0) is 25.0 Å². The minimum atomic E-state index is -4.18. The number of esters is 1. The van der Waals surface area contributed by atoms with Crippen molar-refractivity contribution in [2.24, 2.45) is 5.92 Å². The lowest BCUT2D eigenvalue weighted by atomic mass is 10.1. The first-order chi connectivity index (χ1) is 9.69. The molecule has 2 N–H and O–H groups in total. The van der Waals surface area contributed by atoms with Crippen LogP contribution in [0.2, 0.25) is 0 Å². The second kappa shape index (κ2) is 6.72. The molecule has 1 rings (SSSR count). The summed E-state index contributed by atoms with van der Waals surface area (Å²) in [7, 11) is -4.18. The van der Waals surface area contributed by atoms with Crippen molar-refractivity contribution in [2.45, 2.75) is 31.9 Å². The number of aliphatic carboxylic acids is 1. The van der Waals surface area contributed by atoms with Crippen LogP contribution in [0.15, 0.2) is 21.6 Å². The predicted octanol–water partition coefficient (Wildman–Crippen LogP) is 0.844. The van der Waals surface area contributed by atoms with Crippen molar-refractivity contribution in [3.8, 4) is 0 Å². The normalized spacial score (nSPS) is 13.1. The molecule has 1 atom stereocenters. The van der Waals surface area contributed by atoms with E-state index in [4.69, 9.17) is 9.52 Å². The number of hydrogen-bond donors (Lipinski definition) is 2. The molecule has 0 aliphatic rings. The maximum absolute atomic E-state index is 12.0. The number of carbonyl (C=O) groups is 2. The lowest BCUT2D eigenvalue weighted by Crippen LogP contribution is -2.44. The maximum atomic E-state index is 12.0. The molecule has 1 aromatic heterocycles. The van der Waals surface area contributed by atoms with Crippen molar-refractivity contribution in [1.82, 2.24) is 4.72 Å². The van der Waals surface area contributed by atoms with Gasteiger partial charge in [0, 0.05) is 0 Å². The number of rotatable bonds is 7. The van der Waals surface area contributed by atoms with Gasteiger partial charge in [0.25, 0.3) is 10.0 Å². The highest BCUT2D eigenvalue weighted by atomic mass is 32.2. The highest BCUT2D eigenvalue weighted by Crippen LogP contribution is 2.16. The van der Waals surface area contributed by atoms with Crippen LogP contribution in [-0.2, 0) is 19.6 Å². The molecule has 0 unspecified atom stereocenters. The van der Waals surface area contributed by atoms with Gasteiger partial charge in [0.2, 0.25) is 10.9 Å². The van der Waals surface area contributed by atoms with Crippen molar-refractivity contribution in [1.29, 1.82) is 0 Å². The van der Waals surface area contributed by atoms with Gasteiger partial charge in [0.1, 0.15) is 6.04 Å². The first-order valence-electron chi connectivity index (χ1n) is 6.21. The van der Waals surface area contributed by atoms with Crippen LogP contribution in [0.3, 0.4) is 0 Å². The van der Waals surface area contributed by atoms with E-state index in [1.165, 1.54) is 0 Å². The van der Waals surface area contributed by atoms with Crippen LogP contribution in [0.25, 0.3) is 0 Å². The van der Waals surface area contributed by atoms with Gasteiger partial charge in [-0.15, -0.1) is 0 Å². The van der Waals surface area contributed by atoms with Crippen LogP contribution in [0, 0.1) is 5.92 Å². The summed E-state index contributed by atoms with van der Waals surface area (Å²) >= 11 is 0. The van der Waals surface area contributed by atoms with E-state index in [0.29, 0.717) is 0 Å². The number of carboxylic acids is 1. The lowest BCUT2D eigenvalue weighted by molar-refractivity contribution is -0.140. The molecular weight excluding hydrogens is 302 g/mol. The van der Waals surface area contributed by atoms with Gasteiger partial charge in [-0.1, -0.05) is 13.8 Å². The molecule has 0 bridgehead atoms. The fraction of sp³-hybridized carbons (Fsp3) is 0.500. The Morgan fingerprint density at radius 1 is 1.38 bits per heavy atom. The lowest BCUT2D eigenvalue weighted by Gasteiger charge is -2.16. The summed E-state index contributed by atoms with van der Waals surface area (Å²) in [6.07, 6.45) is 0. The van der Waals surface area contributed by atoms with Crippen LogP contribution < -0.4 is 4.72 Å². The number of hydrogen-bond acceptors (Lipinski definition) is 6. The number of ether oxygens (including phenoxy) is 1. The van der Waals surface area contributed by atoms with Gasteiger partial charge in [-0.2, -0.15) is 4.72 Å². The van der Waals surface area contributed by atoms with Crippen molar-refractivity contribution in [2.75, 3.05) is 6.61 Å². The zero-order valence-electron chi connectivity index (χ0n) is 11.8. The topological polar surface area (TPSA) is 123 Å². The molecule has 8 nitrogen and oxygen atoms in total. The van der Waals surface area contributed by atoms with E-state index in [-0.39, 0.29) is 12.4 Å². The van der Waals surface area contributed by atoms with E-state index in [1.807, 2.05) is 4.72 Å². The highest BCUT2D eigenvalue weighted by molar-refractivity contribution is 7.89. The highest BCUT2D eigenvalue weighted by Gasteiger charge is 2.30. The first-order valence-corrected chi connectivity index (χ1v) is 7.69. The quantitative estimate of drug-likeness (QED) is 0.714. The summed E-state index contributed by atoms with van der Waals surface area (Å²) in [6.45, 7) is 4.84. The summed E-state index contributed by atoms with van der Waals surface area (Å²) < 4.78 is 35.6. The Balaban J connectivity index is 2.98. The molecule has 0 amide bonds. The van der Waals surface area contributed by atoms with Gasteiger partial charge >= 0.3 is 11.9 Å². The van der Waals surface area contributed by atoms with Crippen molar-refractivity contribution >= 4 is 22.0 Å². The Kier molecular flexibility index (Phi) is 5.50. The zero-order valence-corrected chi connectivity index (χ0v) is 12.6. The molecule has 0 fully saturated rings. The number of sulfonamides is 1. The van der Waals surface area contributed by atoms with Gasteiger partial charge in [-0.3, -0.25) is 4.79 Å². The molecule has 0 saturated carbocycles. The molecule has 0 aliphatic heterocycles. The van der Waals surface area contributed by atoms with Crippen molar-refractivity contribution in [3.05, 3.63) is 17.9 Å². The third-order valence-electron chi connectivity index (χ3n) is 2.54. The van der Waals surface area contributed by atoms with Crippen molar-refractivity contribution in [3.63, 3.8) is 0 Å². The Bertz CT molecular complexity index is 617. The maximum Gasteiger partial charge on any atom is 0.374 e. The van der Waals surface area contributed by atoms with Gasteiger partial charge < -0.3 is 14.3 Å². The standard InChI is InChI=1S/C12H17NO7S/c1-4-19-12(16)8-5-6-9(20-8)21(17,18)13-10(7(2)3)11(14)15/h5-7,10,13H,4H2,1-3H3,(H,14,15)/t10-/m0/s1. The van der Waals surface area contributed by atoms with Crippen LogP contribution in [0.5, 0.6) is 0 Å². The van der Waals surface area contributed by atoms with Crippen LogP contribution in [0.4, 0.5) is 0 Å². The molecule has 0 aromatic carbocycles. The number of carbonyl (C=O) groups excluding carboxylic acids is 1. The van der Waals surface area contributed by atoms with E-state index in [9.17, 15) is 18.0 Å². The van der Waals surface area contributed by atoms with Gasteiger partial charge in [0.15, 0.2) is 0 Å². The minimum Gasteiger partial charge on any atom is -0.480 e. The number of carboxylic acid groups (broad SMARTS) is 1. The van der Waals surface area contributed by atoms with E-state index < -0.39 is 39.0 Å². The molecule has 0 spiro atoms. The monoisotopic (exact) mass is 319 g/mol. The fourth-order valence-corrected chi connectivity index (χ4v) is 2.74. The molecule has 0 saturated heterocycles. The van der Waals surface area contributed by atoms with Gasteiger partial charge in [-0.25, -0.2) is 13.2 Å². The summed E-state index contributed by atoms with van der Waals surface area (Å²) in [5.41, 5.74) is 0. The third-order valence-corrected chi connectivity index (χ3v) is 3.85. The average molecular weight is 319 g/mol. The van der Waals surface area contributed by atoms with Crippen LogP contribution in [0.1, 0.15) is 31.3 Å². The summed E-state index contributed by atoms with van der Waals surface area (Å²) in [5, 5.41) is 8.44. The SMILES string of the molecule is CCOC(=O)c1ccc(S(=O)(=O)N[C@H](C(=O)O)C(C)C)o1. The van der Waals surface area contributed by atoms with Gasteiger partial charge in [0.05, 0.1) is 6.61 Å². The Morgan fingerprint density at radius 2 is 2.00 bits per heavy atom. The predicted molar refractivity (Wildman–Crippen MR) is 71.2 cm³/mol. The molecule has 1 heterocycles. The number of nitrogens with one attached hydrogen (secondary N) is 1. The molecule has 21 heavy (non-hydrogen) atoms. The molecule has 0 aliphatic carbocycles. The van der Waals surface area contributed by atoms with E-state index in [0.717, 1.165) is 12.1 Å². The second-order valence-electron chi connectivity index (χ2n) is 4.52. The minimum absolute atomic E-state index is 0.119. The molecule has 0 radical (unpaired) electrons. The average Bonchev–Trinajstić information content (AvgIpc) is 2.86. The molecular formula is C12H17NO7S. The largest absolute Gasteiger partial charge is 0.480 e. The smallest absolute Gasteiger partial charge is 0.374 e. The van der Waals surface area contributed by atoms with E-state index in [2.05, 4.69) is 4.74 Å².